The quantitative estimate of drug-likeness (QED) is 0.744. The van der Waals surface area contributed by atoms with Gasteiger partial charge in [0.05, 0.1) is 6.61 Å². The fraction of sp³-hybridized carbons (Fsp3) is 0.533. The van der Waals surface area contributed by atoms with E-state index in [-0.39, 0.29) is 5.78 Å². The van der Waals surface area contributed by atoms with Gasteiger partial charge in [0.25, 0.3) is 0 Å². The summed E-state index contributed by atoms with van der Waals surface area (Å²) in [7, 11) is 0. The highest BCUT2D eigenvalue weighted by molar-refractivity contribution is 7.98. The minimum Gasteiger partial charge on any atom is -0.494 e. The maximum atomic E-state index is 11.4. The number of carbonyl (C=O) groups excluding carboxylic acids is 1. The lowest BCUT2D eigenvalue weighted by Crippen LogP contribution is -2.12. The summed E-state index contributed by atoms with van der Waals surface area (Å²) in [5, 5.41) is 0. The van der Waals surface area contributed by atoms with E-state index >= 15 is 0 Å². The number of carbonyl (C=O) groups is 1. The van der Waals surface area contributed by atoms with Crippen LogP contribution in [0.1, 0.15) is 36.7 Å². The molecule has 3 nitrogen and oxygen atoms in total. The smallest absolute Gasteiger partial charge is 0.159 e. The summed E-state index contributed by atoms with van der Waals surface area (Å²) >= 11 is 1.83. The van der Waals surface area contributed by atoms with Gasteiger partial charge in [-0.25, -0.2) is 0 Å². The van der Waals surface area contributed by atoms with Gasteiger partial charge in [-0.2, -0.15) is 11.8 Å². The van der Waals surface area contributed by atoms with Gasteiger partial charge in [0.15, 0.2) is 5.78 Å². The Balaban J connectivity index is 2.76. The molecule has 0 aliphatic heterocycles. The first-order valence-electron chi connectivity index (χ1n) is 6.63. The third kappa shape index (κ3) is 5.25. The number of rotatable bonds is 8. The molecule has 0 fully saturated rings. The summed E-state index contributed by atoms with van der Waals surface area (Å²) < 4.78 is 5.61. The number of hydrogen-bond acceptors (Lipinski definition) is 4. The molecule has 0 aliphatic rings. The number of ketones is 1. The van der Waals surface area contributed by atoms with Crippen LogP contribution in [0.25, 0.3) is 0 Å². The average molecular weight is 281 g/mol. The Bertz CT molecular complexity index is 421. The van der Waals surface area contributed by atoms with E-state index in [4.69, 9.17) is 10.5 Å². The predicted octanol–water partition coefficient (Wildman–Crippen LogP) is 3.12. The van der Waals surface area contributed by atoms with Crippen molar-refractivity contribution >= 4 is 17.5 Å². The Morgan fingerprint density at radius 3 is 2.79 bits per heavy atom. The van der Waals surface area contributed by atoms with Crippen LogP contribution in [0.2, 0.25) is 0 Å². The van der Waals surface area contributed by atoms with Gasteiger partial charge in [-0.3, -0.25) is 4.79 Å². The minimum absolute atomic E-state index is 0.0876. The number of Topliss-reactive ketones (excluding diaryl/α,β-unsaturated/α-hetero) is 1. The van der Waals surface area contributed by atoms with Crippen LogP contribution in [0, 0.1) is 5.92 Å². The molecule has 0 bridgehead atoms. The first kappa shape index (κ1) is 16.1. The van der Waals surface area contributed by atoms with Crippen LogP contribution >= 0.6 is 11.8 Å². The van der Waals surface area contributed by atoms with Crippen molar-refractivity contribution in [2.45, 2.75) is 26.5 Å². The van der Waals surface area contributed by atoms with E-state index in [0.717, 1.165) is 28.4 Å². The normalized spacial score (nSPS) is 12.2. The number of thioether (sulfide) groups is 1. The van der Waals surface area contributed by atoms with E-state index < -0.39 is 0 Å². The predicted molar refractivity (Wildman–Crippen MR) is 82.0 cm³/mol. The third-order valence-electron chi connectivity index (χ3n) is 2.83. The van der Waals surface area contributed by atoms with Crippen molar-refractivity contribution in [3.8, 4) is 5.75 Å². The highest BCUT2D eigenvalue weighted by Crippen LogP contribution is 2.26. The fourth-order valence-corrected chi connectivity index (χ4v) is 2.75. The minimum atomic E-state index is 0.0876. The molecule has 0 aromatic heterocycles. The Morgan fingerprint density at radius 2 is 2.21 bits per heavy atom. The van der Waals surface area contributed by atoms with Crippen molar-refractivity contribution in [1.82, 2.24) is 0 Å². The molecule has 2 N–H and O–H groups in total. The molecule has 0 heterocycles. The van der Waals surface area contributed by atoms with E-state index in [1.807, 2.05) is 36.9 Å². The van der Waals surface area contributed by atoms with Gasteiger partial charge in [-0.05, 0) is 50.3 Å². The van der Waals surface area contributed by atoms with Gasteiger partial charge in [0.2, 0.25) is 0 Å². The van der Waals surface area contributed by atoms with Crippen LogP contribution in [0.5, 0.6) is 5.75 Å². The zero-order chi connectivity index (χ0) is 14.3. The van der Waals surface area contributed by atoms with Crippen molar-refractivity contribution in [3.63, 3.8) is 0 Å². The highest BCUT2D eigenvalue weighted by Gasteiger charge is 2.08. The molecule has 4 heteroatoms. The molecule has 19 heavy (non-hydrogen) atoms. The van der Waals surface area contributed by atoms with Gasteiger partial charge in [0, 0.05) is 16.9 Å². The number of nitrogens with two attached hydrogens (primary N) is 1. The number of ether oxygens (including phenoxy) is 1. The monoisotopic (exact) mass is 281 g/mol. The second-order valence-corrected chi connectivity index (χ2v) is 5.70. The van der Waals surface area contributed by atoms with Crippen molar-refractivity contribution in [2.75, 3.05) is 18.9 Å². The summed E-state index contributed by atoms with van der Waals surface area (Å²) in [4.78, 5) is 11.4. The first-order chi connectivity index (χ1) is 9.08. The Kier molecular flexibility index (Phi) is 6.95. The van der Waals surface area contributed by atoms with E-state index in [9.17, 15) is 4.79 Å². The number of hydrogen-bond donors (Lipinski definition) is 1. The molecule has 0 saturated carbocycles. The first-order valence-corrected chi connectivity index (χ1v) is 7.78. The lowest BCUT2D eigenvalue weighted by atomic mass is 10.1. The van der Waals surface area contributed by atoms with E-state index in [0.29, 0.717) is 19.1 Å². The molecular weight excluding hydrogens is 258 g/mol. The zero-order valence-corrected chi connectivity index (χ0v) is 12.8. The fourth-order valence-electron chi connectivity index (χ4n) is 1.65. The highest BCUT2D eigenvalue weighted by atomic mass is 32.2. The van der Waals surface area contributed by atoms with Gasteiger partial charge in [-0.15, -0.1) is 0 Å². The summed E-state index contributed by atoms with van der Waals surface area (Å²) in [6.45, 7) is 7.03. The van der Waals surface area contributed by atoms with E-state index in [2.05, 4.69) is 6.92 Å². The van der Waals surface area contributed by atoms with Crippen molar-refractivity contribution in [2.24, 2.45) is 11.7 Å². The molecule has 0 saturated heterocycles. The molecule has 1 aromatic rings. The van der Waals surface area contributed by atoms with E-state index in [1.54, 1.807) is 6.92 Å². The molecule has 1 rings (SSSR count). The van der Waals surface area contributed by atoms with Crippen LogP contribution in [0.4, 0.5) is 0 Å². The molecule has 0 amide bonds. The van der Waals surface area contributed by atoms with E-state index in [1.165, 1.54) is 0 Å². The molecule has 0 spiro atoms. The Labute approximate surface area is 119 Å². The maximum absolute atomic E-state index is 11.4. The van der Waals surface area contributed by atoms with Gasteiger partial charge in [0.1, 0.15) is 5.75 Å². The second-order valence-electron chi connectivity index (χ2n) is 4.67. The van der Waals surface area contributed by atoms with Crippen molar-refractivity contribution in [1.29, 1.82) is 0 Å². The molecule has 1 aromatic carbocycles. The van der Waals surface area contributed by atoms with Gasteiger partial charge >= 0.3 is 0 Å². The van der Waals surface area contributed by atoms with Crippen LogP contribution < -0.4 is 10.5 Å². The zero-order valence-electron chi connectivity index (χ0n) is 11.9. The SMILES string of the molecule is CCOc1ccc(C(C)=O)cc1CSCC(C)CN. The lowest BCUT2D eigenvalue weighted by Gasteiger charge is -2.12. The van der Waals surface area contributed by atoms with Crippen LogP contribution in [-0.4, -0.2) is 24.7 Å². The Morgan fingerprint density at radius 1 is 1.47 bits per heavy atom. The Hall–Kier alpha value is -1.00. The van der Waals surface area contributed by atoms with Crippen LogP contribution in [0.3, 0.4) is 0 Å². The molecule has 1 atom stereocenters. The van der Waals surface area contributed by atoms with Crippen molar-refractivity contribution in [3.05, 3.63) is 29.3 Å². The molecule has 0 aliphatic carbocycles. The van der Waals surface area contributed by atoms with Crippen molar-refractivity contribution < 1.29 is 9.53 Å². The maximum Gasteiger partial charge on any atom is 0.159 e. The number of benzene rings is 1. The summed E-state index contributed by atoms with van der Waals surface area (Å²) in [5.41, 5.74) is 7.44. The van der Waals surface area contributed by atoms with Crippen LogP contribution in [0.15, 0.2) is 18.2 Å². The summed E-state index contributed by atoms with van der Waals surface area (Å²) in [6, 6.07) is 5.65. The summed E-state index contributed by atoms with van der Waals surface area (Å²) in [5.74, 6) is 3.34. The standard InChI is InChI=1S/C15H23NO2S/c1-4-18-15-6-5-13(12(3)17)7-14(15)10-19-9-11(2)8-16/h5-7,11H,4,8-10,16H2,1-3H3. The largest absolute Gasteiger partial charge is 0.494 e. The average Bonchev–Trinajstić information content (AvgIpc) is 2.40. The third-order valence-corrected chi connectivity index (χ3v) is 4.15. The van der Waals surface area contributed by atoms with Crippen LogP contribution in [-0.2, 0) is 5.75 Å². The lowest BCUT2D eigenvalue weighted by molar-refractivity contribution is 0.101. The molecule has 1 unspecified atom stereocenters. The molecule has 0 radical (unpaired) electrons. The topological polar surface area (TPSA) is 52.3 Å². The molecule has 106 valence electrons. The van der Waals surface area contributed by atoms with Gasteiger partial charge in [-0.1, -0.05) is 6.92 Å². The second kappa shape index (κ2) is 8.23. The summed E-state index contributed by atoms with van der Waals surface area (Å²) in [6.07, 6.45) is 0. The molecular formula is C15H23NO2S. The van der Waals surface area contributed by atoms with Gasteiger partial charge < -0.3 is 10.5 Å².